The van der Waals surface area contributed by atoms with Gasteiger partial charge in [-0.1, -0.05) is 122 Å². The van der Waals surface area contributed by atoms with Crippen molar-refractivity contribution in [3.63, 3.8) is 0 Å². The minimum atomic E-state index is 0.00893. The Bertz CT molecular complexity index is 1070. The number of rotatable bonds is 16. The van der Waals surface area contributed by atoms with Gasteiger partial charge in [-0.25, -0.2) is 0 Å². The predicted molar refractivity (Wildman–Crippen MR) is 182 cm³/mol. The van der Waals surface area contributed by atoms with E-state index in [4.69, 9.17) is 5.73 Å². The van der Waals surface area contributed by atoms with Gasteiger partial charge in [0.2, 0.25) is 0 Å². The second-order valence-corrected chi connectivity index (χ2v) is 11.7. The second kappa shape index (κ2) is 19.2. The Hall–Kier alpha value is -2.90. The van der Waals surface area contributed by atoms with Gasteiger partial charge in [0.15, 0.2) is 0 Å². The Morgan fingerprint density at radius 1 is 1.10 bits per heavy atom. The summed E-state index contributed by atoms with van der Waals surface area (Å²) in [5.74, 6) is 1.52. The summed E-state index contributed by atoms with van der Waals surface area (Å²) in [6.45, 7) is 27.8. The fraction of sp³-hybridized carbons (Fsp3) is 0.436. The average Bonchev–Trinajstić information content (AvgIpc) is 2.89. The van der Waals surface area contributed by atoms with E-state index in [1.54, 1.807) is 0 Å². The van der Waals surface area contributed by atoms with E-state index in [-0.39, 0.29) is 12.0 Å². The smallest absolute Gasteiger partial charge is 0.0416 e. The van der Waals surface area contributed by atoms with Crippen LogP contribution in [-0.4, -0.2) is 6.04 Å². The highest BCUT2D eigenvalue weighted by Gasteiger charge is 2.22. The van der Waals surface area contributed by atoms with Crippen LogP contribution in [0.15, 0.2) is 132 Å². The van der Waals surface area contributed by atoms with Crippen LogP contribution in [0.1, 0.15) is 80.6 Å². The van der Waals surface area contributed by atoms with Gasteiger partial charge in [-0.15, -0.1) is 13.2 Å². The third-order valence-electron chi connectivity index (χ3n) is 7.95. The lowest BCUT2D eigenvalue weighted by atomic mass is 9.77. The van der Waals surface area contributed by atoms with Crippen LogP contribution in [0.4, 0.5) is 0 Å². The van der Waals surface area contributed by atoms with Crippen molar-refractivity contribution < 1.29 is 0 Å². The molecule has 0 aromatic heterocycles. The first kappa shape index (κ1) is 35.1. The zero-order valence-electron chi connectivity index (χ0n) is 26.6. The lowest BCUT2D eigenvalue weighted by Gasteiger charge is -2.27. The van der Waals surface area contributed by atoms with Gasteiger partial charge in [0.05, 0.1) is 0 Å². The van der Waals surface area contributed by atoms with Crippen LogP contribution in [0, 0.1) is 23.7 Å². The highest BCUT2D eigenvalue weighted by atomic mass is 14.6. The minimum Gasteiger partial charge on any atom is -0.321 e. The molecule has 1 nitrogen and oxygen atoms in total. The molecule has 0 aliphatic heterocycles. The molecule has 2 unspecified atom stereocenters. The molecule has 0 saturated heterocycles. The first-order chi connectivity index (χ1) is 19.0. The van der Waals surface area contributed by atoms with E-state index in [0.29, 0.717) is 17.8 Å². The molecule has 1 rings (SSSR count). The molecule has 0 radical (unpaired) electrons. The quantitative estimate of drug-likeness (QED) is 0.118. The Labute approximate surface area is 247 Å². The molecule has 1 heteroatoms. The van der Waals surface area contributed by atoms with Crippen LogP contribution >= 0.6 is 0 Å². The summed E-state index contributed by atoms with van der Waals surface area (Å²) < 4.78 is 0. The molecule has 40 heavy (non-hydrogen) atoms. The zero-order valence-corrected chi connectivity index (χ0v) is 26.6. The maximum Gasteiger partial charge on any atom is 0.0416 e. The van der Waals surface area contributed by atoms with E-state index < -0.39 is 0 Å². The summed E-state index contributed by atoms with van der Waals surface area (Å²) in [5, 5.41) is 0. The molecule has 0 heterocycles. The van der Waals surface area contributed by atoms with Crippen molar-refractivity contribution in [2.45, 2.75) is 86.6 Å². The van der Waals surface area contributed by atoms with Crippen LogP contribution in [-0.2, 0) is 0 Å². The minimum absolute atomic E-state index is 0.00893. The number of unbranched alkanes of at least 4 members (excludes halogenated alkanes) is 1. The number of nitrogens with two attached hydrogens (primary N) is 1. The summed E-state index contributed by atoms with van der Waals surface area (Å²) in [7, 11) is 0. The normalized spacial score (nSPS) is 20.3. The number of hydrogen-bond acceptors (Lipinski definition) is 1. The van der Waals surface area contributed by atoms with Gasteiger partial charge < -0.3 is 5.73 Å². The number of hydrogen-bond donors (Lipinski definition) is 1. The van der Waals surface area contributed by atoms with E-state index in [2.05, 4.69) is 134 Å². The first-order valence-electron chi connectivity index (χ1n) is 15.1. The molecular weight excluding hydrogens is 482 g/mol. The van der Waals surface area contributed by atoms with Gasteiger partial charge in [-0.2, -0.15) is 0 Å². The third-order valence-corrected chi connectivity index (χ3v) is 7.95. The molecule has 1 aliphatic rings. The van der Waals surface area contributed by atoms with Crippen LogP contribution in [0.5, 0.6) is 0 Å². The van der Waals surface area contributed by atoms with Gasteiger partial charge in [-0.05, 0) is 95.6 Å². The van der Waals surface area contributed by atoms with E-state index in [0.717, 1.165) is 37.7 Å². The average molecular weight is 540 g/mol. The fourth-order valence-corrected chi connectivity index (χ4v) is 5.06. The predicted octanol–water partition coefficient (Wildman–Crippen LogP) is 11.1. The van der Waals surface area contributed by atoms with Crippen LogP contribution in [0.2, 0.25) is 0 Å². The lowest BCUT2D eigenvalue weighted by molar-refractivity contribution is 0.470. The molecule has 0 aromatic carbocycles. The molecule has 0 saturated carbocycles. The summed E-state index contributed by atoms with van der Waals surface area (Å²) in [6, 6.07) is 0.00893. The summed E-state index contributed by atoms with van der Waals surface area (Å²) >= 11 is 0. The zero-order chi connectivity index (χ0) is 30.1. The van der Waals surface area contributed by atoms with E-state index >= 15 is 0 Å². The first-order valence-corrected chi connectivity index (χ1v) is 15.1. The SMILES string of the molecule is C=CCCCC(C=C)[C@@H](/C=C(\C)[C@@H](C)[C@@H](C)/C=C\C=C/CC1=CC/C=C\C(N)C=C1C)C(/C=C\C(=C)C)=C(C)C. The van der Waals surface area contributed by atoms with Crippen molar-refractivity contribution in [1.82, 2.24) is 0 Å². The van der Waals surface area contributed by atoms with Crippen LogP contribution < -0.4 is 5.73 Å². The molecule has 0 spiro atoms. The largest absolute Gasteiger partial charge is 0.321 e. The van der Waals surface area contributed by atoms with Gasteiger partial charge >= 0.3 is 0 Å². The van der Waals surface area contributed by atoms with Gasteiger partial charge in [-0.3, -0.25) is 0 Å². The summed E-state index contributed by atoms with van der Waals surface area (Å²) in [5.41, 5.74) is 14.0. The van der Waals surface area contributed by atoms with Gasteiger partial charge in [0.1, 0.15) is 0 Å². The van der Waals surface area contributed by atoms with Crippen LogP contribution in [0.25, 0.3) is 0 Å². The Morgan fingerprint density at radius 2 is 1.82 bits per heavy atom. The number of allylic oxidation sites excluding steroid dienone is 17. The maximum atomic E-state index is 6.12. The van der Waals surface area contributed by atoms with Crippen molar-refractivity contribution in [2.75, 3.05) is 0 Å². The third kappa shape index (κ3) is 13.0. The van der Waals surface area contributed by atoms with Crippen molar-refractivity contribution in [2.24, 2.45) is 29.4 Å². The van der Waals surface area contributed by atoms with E-state index in [1.807, 2.05) is 13.0 Å². The van der Waals surface area contributed by atoms with E-state index in [9.17, 15) is 0 Å². The molecule has 5 atom stereocenters. The van der Waals surface area contributed by atoms with Crippen molar-refractivity contribution in [1.29, 1.82) is 0 Å². The van der Waals surface area contributed by atoms with Crippen molar-refractivity contribution >= 4 is 0 Å². The van der Waals surface area contributed by atoms with Crippen molar-refractivity contribution in [3.05, 3.63) is 132 Å². The topological polar surface area (TPSA) is 26.0 Å². The molecule has 1 aliphatic carbocycles. The lowest BCUT2D eigenvalue weighted by Crippen LogP contribution is -2.16. The molecule has 218 valence electrons. The highest BCUT2D eigenvalue weighted by Crippen LogP contribution is 2.34. The summed E-state index contributed by atoms with van der Waals surface area (Å²) in [4.78, 5) is 0. The fourth-order valence-electron chi connectivity index (χ4n) is 5.06. The van der Waals surface area contributed by atoms with E-state index in [1.165, 1.54) is 27.9 Å². The molecule has 0 bridgehead atoms. The molecule has 2 N–H and O–H groups in total. The van der Waals surface area contributed by atoms with Gasteiger partial charge in [0, 0.05) is 12.0 Å². The van der Waals surface area contributed by atoms with Gasteiger partial charge in [0.25, 0.3) is 0 Å². The van der Waals surface area contributed by atoms with Crippen LogP contribution in [0.3, 0.4) is 0 Å². The second-order valence-electron chi connectivity index (χ2n) is 11.7. The Morgan fingerprint density at radius 3 is 2.45 bits per heavy atom. The maximum absolute atomic E-state index is 6.12. The summed E-state index contributed by atoms with van der Waals surface area (Å²) in [6.07, 6.45) is 33.8. The molecule has 0 amide bonds. The highest BCUT2D eigenvalue weighted by molar-refractivity contribution is 5.36. The standard InChI is InChI=1S/C39H57N/c1-11-13-15-21-35(12-2)39(38(30(5)6)26-25-29(3)4)28-32(8)34(10)31(7)20-16-14-17-22-36-23-18-19-24-37(40)27-33(36)9/h11-12,14,16-17,19-20,23-28,31,34-35,37,39H,1-3,13,15,18,21-22,40H2,4-10H3/b17-14-,20-16-,24-19-,26-25-,32-28+,33-27?,36-23?/t31-,34-,35?,37?,39+/m0/s1. The Kier molecular flexibility index (Phi) is 16.9. The Balaban J connectivity index is 3.09. The monoisotopic (exact) mass is 539 g/mol. The van der Waals surface area contributed by atoms with Crippen molar-refractivity contribution in [3.8, 4) is 0 Å². The molecule has 0 fully saturated rings. The molecular formula is C39H57N. The molecule has 0 aromatic rings.